The first kappa shape index (κ1) is 12.4. The summed E-state index contributed by atoms with van der Waals surface area (Å²) < 4.78 is 0.798. The van der Waals surface area contributed by atoms with Crippen molar-refractivity contribution in [2.24, 2.45) is 0 Å². The Balaban J connectivity index is 1.92. The van der Waals surface area contributed by atoms with Crippen molar-refractivity contribution in [3.63, 3.8) is 0 Å². The van der Waals surface area contributed by atoms with Gasteiger partial charge in [0.15, 0.2) is 0 Å². The highest BCUT2D eigenvalue weighted by Gasteiger charge is 2.35. The third kappa shape index (κ3) is 1.80. The van der Waals surface area contributed by atoms with E-state index in [0.29, 0.717) is 17.7 Å². The Bertz CT molecular complexity index is 683. The number of phenols is 1. The zero-order chi connectivity index (χ0) is 13.7. The van der Waals surface area contributed by atoms with Gasteiger partial charge >= 0.3 is 0 Å². The van der Waals surface area contributed by atoms with Crippen LogP contribution in [-0.4, -0.2) is 11.1 Å². The molecule has 0 unspecified atom stereocenters. The summed E-state index contributed by atoms with van der Waals surface area (Å²) in [5.74, 6) is 0.704. The first-order valence-electron chi connectivity index (χ1n) is 7.06. The van der Waals surface area contributed by atoms with Crippen molar-refractivity contribution in [1.29, 1.82) is 0 Å². The summed E-state index contributed by atoms with van der Waals surface area (Å²) >= 11 is 3.43. The number of hydrogen-bond acceptors (Lipinski definition) is 2. The Morgan fingerprint density at radius 3 is 2.85 bits per heavy atom. The molecule has 102 valence electrons. The molecule has 0 saturated carbocycles. The fourth-order valence-electron chi connectivity index (χ4n) is 3.66. The summed E-state index contributed by atoms with van der Waals surface area (Å²) in [6.45, 7) is 0.954. The predicted molar refractivity (Wildman–Crippen MR) is 83.0 cm³/mol. The van der Waals surface area contributed by atoms with E-state index in [9.17, 15) is 5.11 Å². The van der Waals surface area contributed by atoms with E-state index in [-0.39, 0.29) is 0 Å². The van der Waals surface area contributed by atoms with Crippen LogP contribution >= 0.6 is 15.9 Å². The first-order chi connectivity index (χ1) is 9.74. The van der Waals surface area contributed by atoms with Gasteiger partial charge in [-0.05, 0) is 63.2 Å². The lowest BCUT2D eigenvalue weighted by atomic mass is 9.72. The van der Waals surface area contributed by atoms with Crippen molar-refractivity contribution in [3.05, 3.63) is 63.1 Å². The van der Waals surface area contributed by atoms with E-state index in [1.807, 2.05) is 6.07 Å². The molecule has 2 aromatic carbocycles. The number of hydrogen-bond donors (Lipinski definition) is 2. The second-order valence-electron chi connectivity index (χ2n) is 5.70. The molecule has 2 N–H and O–H groups in total. The average molecular weight is 330 g/mol. The lowest BCUT2D eigenvalue weighted by Gasteiger charge is -2.39. The highest BCUT2D eigenvalue weighted by molar-refractivity contribution is 9.10. The zero-order valence-corrected chi connectivity index (χ0v) is 12.7. The van der Waals surface area contributed by atoms with Crippen LogP contribution in [-0.2, 0) is 13.0 Å². The molecule has 0 aromatic heterocycles. The predicted octanol–water partition coefficient (Wildman–Crippen LogP) is 3.70. The fraction of sp³-hybridized carbons (Fsp3) is 0.294. The summed E-state index contributed by atoms with van der Waals surface area (Å²) in [5.41, 5.74) is 5.43. The minimum Gasteiger partial charge on any atom is -0.507 e. The highest BCUT2D eigenvalue weighted by Crippen LogP contribution is 2.43. The Labute approximate surface area is 127 Å². The van der Waals surface area contributed by atoms with Gasteiger partial charge in [0.1, 0.15) is 5.75 Å². The van der Waals surface area contributed by atoms with E-state index in [2.05, 4.69) is 51.6 Å². The van der Waals surface area contributed by atoms with E-state index < -0.39 is 0 Å². The summed E-state index contributed by atoms with van der Waals surface area (Å²) in [5, 5.41) is 13.7. The molecule has 0 saturated heterocycles. The van der Waals surface area contributed by atoms with Gasteiger partial charge in [0, 0.05) is 18.5 Å². The van der Waals surface area contributed by atoms with Crippen LogP contribution in [0.2, 0.25) is 0 Å². The smallest absolute Gasteiger partial charge is 0.130 e. The van der Waals surface area contributed by atoms with Gasteiger partial charge in [-0.1, -0.05) is 24.3 Å². The van der Waals surface area contributed by atoms with E-state index in [1.165, 1.54) is 22.3 Å². The first-order valence-corrected chi connectivity index (χ1v) is 7.86. The minimum atomic E-state index is 0.340. The van der Waals surface area contributed by atoms with E-state index in [4.69, 9.17) is 0 Å². The number of nitrogens with one attached hydrogen (secondary N) is 1. The van der Waals surface area contributed by atoms with Crippen molar-refractivity contribution in [2.75, 3.05) is 0 Å². The number of aromatic hydroxyl groups is 1. The van der Waals surface area contributed by atoms with Gasteiger partial charge in [0.05, 0.1) is 4.47 Å². The van der Waals surface area contributed by atoms with Crippen LogP contribution in [0.3, 0.4) is 0 Å². The maximum atomic E-state index is 10.0. The topological polar surface area (TPSA) is 32.3 Å². The van der Waals surface area contributed by atoms with Gasteiger partial charge in [0.2, 0.25) is 0 Å². The molecule has 0 amide bonds. The number of halogens is 1. The monoisotopic (exact) mass is 329 g/mol. The SMILES string of the molecule is Oc1cc2c(cc1Br)CC[C@@H]1NCc3ccccc3[C@@H]21. The molecular formula is C17H16BrNO. The van der Waals surface area contributed by atoms with Crippen LogP contribution in [0.25, 0.3) is 0 Å². The zero-order valence-electron chi connectivity index (χ0n) is 11.1. The maximum Gasteiger partial charge on any atom is 0.130 e. The Kier molecular flexibility index (Phi) is 2.86. The molecule has 2 atom stereocenters. The quantitative estimate of drug-likeness (QED) is 0.772. The molecule has 2 nitrogen and oxygen atoms in total. The van der Waals surface area contributed by atoms with Crippen LogP contribution in [0.15, 0.2) is 40.9 Å². The van der Waals surface area contributed by atoms with Gasteiger partial charge in [-0.25, -0.2) is 0 Å². The molecule has 0 spiro atoms. The summed E-state index contributed by atoms with van der Waals surface area (Å²) in [4.78, 5) is 0. The number of aryl methyl sites for hydroxylation is 1. The largest absolute Gasteiger partial charge is 0.507 e. The van der Waals surface area contributed by atoms with Crippen LogP contribution < -0.4 is 5.32 Å². The molecule has 1 aliphatic heterocycles. The number of rotatable bonds is 0. The fourth-order valence-corrected chi connectivity index (χ4v) is 4.05. The van der Waals surface area contributed by atoms with Crippen LogP contribution in [0, 0.1) is 0 Å². The van der Waals surface area contributed by atoms with E-state index >= 15 is 0 Å². The van der Waals surface area contributed by atoms with Crippen LogP contribution in [0.4, 0.5) is 0 Å². The third-order valence-corrected chi connectivity index (χ3v) is 5.25. The lowest BCUT2D eigenvalue weighted by Crippen LogP contribution is -2.42. The molecule has 0 bridgehead atoms. The second-order valence-corrected chi connectivity index (χ2v) is 6.56. The molecule has 2 aliphatic rings. The highest BCUT2D eigenvalue weighted by atomic mass is 79.9. The van der Waals surface area contributed by atoms with Gasteiger partial charge in [0.25, 0.3) is 0 Å². The lowest BCUT2D eigenvalue weighted by molar-refractivity contribution is 0.391. The molecule has 4 rings (SSSR count). The molecule has 2 aromatic rings. The van der Waals surface area contributed by atoms with Gasteiger partial charge < -0.3 is 10.4 Å². The molecular weight excluding hydrogens is 314 g/mol. The summed E-state index contributed by atoms with van der Waals surface area (Å²) in [7, 11) is 0. The molecule has 0 radical (unpaired) electrons. The van der Waals surface area contributed by atoms with Crippen molar-refractivity contribution < 1.29 is 5.11 Å². The van der Waals surface area contributed by atoms with Crippen LogP contribution in [0.1, 0.15) is 34.6 Å². The number of fused-ring (bicyclic) bond motifs is 5. The van der Waals surface area contributed by atoms with Crippen molar-refractivity contribution in [2.45, 2.75) is 31.3 Å². The Morgan fingerprint density at radius 1 is 1.10 bits per heavy atom. The average Bonchev–Trinajstić information content (AvgIpc) is 2.48. The third-order valence-electron chi connectivity index (χ3n) is 4.62. The van der Waals surface area contributed by atoms with Crippen LogP contribution in [0.5, 0.6) is 5.75 Å². The second kappa shape index (κ2) is 4.61. The summed E-state index contributed by atoms with van der Waals surface area (Å²) in [6.07, 6.45) is 2.23. The number of phenolic OH excluding ortho intramolecular Hbond substituents is 1. The molecule has 20 heavy (non-hydrogen) atoms. The summed E-state index contributed by atoms with van der Waals surface area (Å²) in [6, 6.07) is 13.2. The number of benzene rings is 2. The van der Waals surface area contributed by atoms with Gasteiger partial charge in [-0.15, -0.1) is 0 Å². The Morgan fingerprint density at radius 2 is 1.95 bits per heavy atom. The molecule has 3 heteroatoms. The normalized spacial score (nSPS) is 23.6. The molecule has 0 fully saturated rings. The van der Waals surface area contributed by atoms with Gasteiger partial charge in [-0.2, -0.15) is 0 Å². The van der Waals surface area contributed by atoms with Crippen molar-refractivity contribution >= 4 is 15.9 Å². The minimum absolute atomic E-state index is 0.340. The van der Waals surface area contributed by atoms with Gasteiger partial charge in [-0.3, -0.25) is 0 Å². The molecule has 1 aliphatic carbocycles. The standard InChI is InChI=1S/C17H16BrNO/c18-14-7-10-5-6-15-17(13(10)8-16(14)20)12-4-2-1-3-11(12)9-19-15/h1-4,7-8,15,17,19-20H,5-6,9H2/t15-,17-/m0/s1. The van der Waals surface area contributed by atoms with E-state index in [0.717, 1.165) is 23.9 Å². The van der Waals surface area contributed by atoms with Crippen molar-refractivity contribution in [3.8, 4) is 5.75 Å². The van der Waals surface area contributed by atoms with E-state index in [1.54, 1.807) is 0 Å². The maximum absolute atomic E-state index is 10.0. The molecule has 1 heterocycles. The Hall–Kier alpha value is -1.32. The van der Waals surface area contributed by atoms with Crippen molar-refractivity contribution in [1.82, 2.24) is 5.32 Å².